The minimum absolute atomic E-state index is 0.152. The lowest BCUT2D eigenvalue weighted by molar-refractivity contribution is -0.122. The molecule has 1 saturated heterocycles. The smallest absolute Gasteiger partial charge is 0.238 e. The molecule has 3 aromatic carbocycles. The molecule has 180 valence electrons. The summed E-state index contributed by atoms with van der Waals surface area (Å²) >= 11 is 6.10. The van der Waals surface area contributed by atoms with Crippen molar-refractivity contribution in [3.63, 3.8) is 0 Å². The van der Waals surface area contributed by atoms with Gasteiger partial charge in [-0.1, -0.05) is 47.5 Å². The van der Waals surface area contributed by atoms with Crippen molar-refractivity contribution in [2.45, 2.75) is 38.3 Å². The van der Waals surface area contributed by atoms with Crippen molar-refractivity contribution in [2.75, 3.05) is 10.2 Å². The summed E-state index contributed by atoms with van der Waals surface area (Å²) in [7, 11) is 0. The Morgan fingerprint density at radius 1 is 1.00 bits per heavy atom. The molecule has 36 heavy (non-hydrogen) atoms. The van der Waals surface area contributed by atoms with Gasteiger partial charge in [0.1, 0.15) is 5.41 Å². The number of amides is 1. The van der Waals surface area contributed by atoms with Crippen LogP contribution in [0.5, 0.6) is 0 Å². The number of aryl methyl sites for hydroxylation is 1. The maximum atomic E-state index is 14.4. The molecule has 0 radical (unpaired) electrons. The van der Waals surface area contributed by atoms with Crippen LogP contribution in [0.25, 0.3) is 5.57 Å². The van der Waals surface area contributed by atoms with Gasteiger partial charge in [0.25, 0.3) is 0 Å². The van der Waals surface area contributed by atoms with E-state index in [0.717, 1.165) is 28.0 Å². The maximum Gasteiger partial charge on any atom is 0.238 e. The summed E-state index contributed by atoms with van der Waals surface area (Å²) in [4.78, 5) is 43.9. The number of allylic oxidation sites excluding steroid dienone is 1. The van der Waals surface area contributed by atoms with Crippen LogP contribution in [0.15, 0.2) is 72.8 Å². The predicted molar refractivity (Wildman–Crippen MR) is 142 cm³/mol. The highest BCUT2D eigenvalue weighted by atomic mass is 35.5. The van der Waals surface area contributed by atoms with Crippen molar-refractivity contribution < 1.29 is 14.4 Å². The summed E-state index contributed by atoms with van der Waals surface area (Å²) in [5, 5.41) is 3.55. The zero-order valence-electron chi connectivity index (χ0n) is 20.2. The van der Waals surface area contributed by atoms with Crippen LogP contribution in [0, 0.1) is 12.8 Å². The second-order valence-corrected chi connectivity index (χ2v) is 10.4. The van der Waals surface area contributed by atoms with Crippen LogP contribution in [-0.2, 0) is 15.0 Å². The number of carbonyl (C=O) groups excluding carboxylic acids is 3. The number of hydrogen-bond donors (Lipinski definition) is 1. The Kier molecular flexibility index (Phi) is 4.99. The van der Waals surface area contributed by atoms with Crippen LogP contribution < -0.4 is 10.2 Å². The molecule has 6 heteroatoms. The molecule has 1 fully saturated rings. The molecule has 0 aliphatic carbocycles. The number of carbonyl (C=O) groups is 3. The number of halogens is 1. The predicted octanol–water partition coefficient (Wildman–Crippen LogP) is 5.60. The minimum Gasteiger partial charge on any atom is -0.352 e. The van der Waals surface area contributed by atoms with E-state index in [1.54, 1.807) is 24.3 Å². The molecule has 4 atom stereocenters. The van der Waals surface area contributed by atoms with E-state index in [9.17, 15) is 14.4 Å². The zero-order chi connectivity index (χ0) is 25.4. The molecule has 1 N–H and O–H groups in total. The van der Waals surface area contributed by atoms with Gasteiger partial charge in [0.2, 0.25) is 5.91 Å². The van der Waals surface area contributed by atoms with E-state index < -0.39 is 23.4 Å². The molecule has 3 heterocycles. The van der Waals surface area contributed by atoms with Crippen molar-refractivity contribution in [3.05, 3.63) is 100 Å². The molecule has 0 aromatic heterocycles. The number of para-hydroxylation sites is 1. The first-order chi connectivity index (χ1) is 17.2. The van der Waals surface area contributed by atoms with Gasteiger partial charge in [0.05, 0.1) is 18.0 Å². The average Bonchev–Trinajstić information content (AvgIpc) is 3.32. The number of benzene rings is 3. The third-order valence-electron chi connectivity index (χ3n) is 7.96. The van der Waals surface area contributed by atoms with Crippen LogP contribution in [0.1, 0.15) is 40.9 Å². The highest BCUT2D eigenvalue weighted by Crippen LogP contribution is 2.58. The molecule has 3 aliphatic heterocycles. The fourth-order valence-corrected chi connectivity index (χ4v) is 6.62. The van der Waals surface area contributed by atoms with Crippen LogP contribution >= 0.6 is 11.6 Å². The molecule has 0 unspecified atom stereocenters. The lowest BCUT2D eigenvalue weighted by Crippen LogP contribution is -2.51. The fraction of sp³-hybridized carbons (Fsp3) is 0.233. The Bertz CT molecular complexity index is 1490. The number of nitrogens with one attached hydrogen (secondary N) is 1. The summed E-state index contributed by atoms with van der Waals surface area (Å²) in [6, 6.07) is 19.0. The number of anilines is 2. The normalized spacial score (nSPS) is 25.7. The highest BCUT2D eigenvalue weighted by molar-refractivity contribution is 6.30. The van der Waals surface area contributed by atoms with Gasteiger partial charge in [-0.25, -0.2) is 0 Å². The molecular weight excluding hydrogens is 472 g/mol. The third-order valence-corrected chi connectivity index (χ3v) is 8.21. The van der Waals surface area contributed by atoms with Gasteiger partial charge in [0, 0.05) is 27.5 Å². The van der Waals surface area contributed by atoms with Crippen molar-refractivity contribution in [1.29, 1.82) is 0 Å². The van der Waals surface area contributed by atoms with E-state index in [2.05, 4.69) is 17.5 Å². The minimum atomic E-state index is -1.27. The Labute approximate surface area is 214 Å². The van der Waals surface area contributed by atoms with Crippen molar-refractivity contribution in [3.8, 4) is 0 Å². The molecule has 1 amide bonds. The quantitative estimate of drug-likeness (QED) is 0.479. The number of ketones is 2. The van der Waals surface area contributed by atoms with Crippen LogP contribution in [-0.4, -0.2) is 29.6 Å². The molecule has 1 spiro atoms. The molecule has 0 saturated carbocycles. The van der Waals surface area contributed by atoms with E-state index in [4.69, 9.17) is 11.6 Å². The molecular formula is C30H25ClN2O3. The van der Waals surface area contributed by atoms with Crippen molar-refractivity contribution >= 4 is 46.0 Å². The lowest BCUT2D eigenvalue weighted by atomic mass is 9.64. The van der Waals surface area contributed by atoms with Crippen molar-refractivity contribution in [2.24, 2.45) is 5.92 Å². The van der Waals surface area contributed by atoms with Gasteiger partial charge >= 0.3 is 0 Å². The van der Waals surface area contributed by atoms with Gasteiger partial charge < -0.3 is 10.2 Å². The summed E-state index contributed by atoms with van der Waals surface area (Å²) in [5.41, 5.74) is 4.60. The van der Waals surface area contributed by atoms with Crippen molar-refractivity contribution in [1.82, 2.24) is 0 Å². The first-order valence-electron chi connectivity index (χ1n) is 12.0. The first-order valence-corrected chi connectivity index (χ1v) is 12.4. The topological polar surface area (TPSA) is 66.5 Å². The largest absolute Gasteiger partial charge is 0.352 e. The molecule has 3 aliphatic rings. The van der Waals surface area contributed by atoms with Crippen LogP contribution in [0.2, 0.25) is 5.02 Å². The van der Waals surface area contributed by atoms with E-state index in [1.807, 2.05) is 55.1 Å². The van der Waals surface area contributed by atoms with Gasteiger partial charge in [-0.15, -0.1) is 0 Å². The van der Waals surface area contributed by atoms with E-state index >= 15 is 0 Å². The van der Waals surface area contributed by atoms with Gasteiger partial charge in [0.15, 0.2) is 11.6 Å². The Morgan fingerprint density at radius 2 is 1.72 bits per heavy atom. The Hall–Kier alpha value is -3.70. The van der Waals surface area contributed by atoms with Gasteiger partial charge in [-0.3, -0.25) is 14.4 Å². The molecule has 3 aromatic rings. The second kappa shape index (κ2) is 7.90. The lowest BCUT2D eigenvalue weighted by Gasteiger charge is -2.39. The molecule has 0 bridgehead atoms. The van der Waals surface area contributed by atoms with E-state index in [1.165, 1.54) is 6.92 Å². The van der Waals surface area contributed by atoms with E-state index in [-0.39, 0.29) is 17.5 Å². The summed E-state index contributed by atoms with van der Waals surface area (Å²) in [6.45, 7) is 5.57. The number of nitrogens with zero attached hydrogens (tertiary/aromatic N) is 1. The number of hydrogen-bond acceptors (Lipinski definition) is 4. The van der Waals surface area contributed by atoms with E-state index in [0.29, 0.717) is 16.3 Å². The summed E-state index contributed by atoms with van der Waals surface area (Å²) in [6.07, 6.45) is 2.06. The SMILES string of the molecule is CC(=O)[C@@H]1[C@H](C(=O)c2ccc(Cl)cc2)[C@]2(C(=O)Nc3ccccc32)[C@H]2C=C(C)c3cc(C)ccc3N12. The fourth-order valence-electron chi connectivity index (χ4n) is 6.49. The summed E-state index contributed by atoms with van der Waals surface area (Å²) < 4.78 is 0. The standard InChI is InChI=1S/C30H25ClN2O3/c1-16-8-13-24-21(14-16)17(2)15-25-30(22-6-4-5-7-23(22)32-29(30)36)26(27(18(3)34)33(24)25)28(35)19-9-11-20(31)12-10-19/h4-15,25-27H,1-3H3,(H,32,36)/t25-,26-,27-,30-/m1/s1. The average molecular weight is 497 g/mol. The first kappa shape index (κ1) is 22.7. The zero-order valence-corrected chi connectivity index (χ0v) is 21.0. The van der Waals surface area contributed by atoms with Crippen LogP contribution in [0.3, 0.4) is 0 Å². The Morgan fingerprint density at radius 3 is 2.44 bits per heavy atom. The number of Topliss-reactive ketones (excluding diaryl/α,β-unsaturated/α-hetero) is 2. The second-order valence-electron chi connectivity index (χ2n) is 10.00. The maximum absolute atomic E-state index is 14.4. The van der Waals surface area contributed by atoms with Gasteiger partial charge in [-0.2, -0.15) is 0 Å². The molecule has 5 nitrogen and oxygen atoms in total. The number of rotatable bonds is 3. The Balaban J connectivity index is 1.68. The molecule has 6 rings (SSSR count). The third kappa shape index (κ3) is 2.93. The highest BCUT2D eigenvalue weighted by Gasteiger charge is 2.70. The monoisotopic (exact) mass is 496 g/mol. The number of fused-ring (bicyclic) bond motifs is 6. The summed E-state index contributed by atoms with van der Waals surface area (Å²) in [5.74, 6) is -1.58. The van der Waals surface area contributed by atoms with Gasteiger partial charge in [-0.05, 0) is 74.4 Å². The van der Waals surface area contributed by atoms with Crippen LogP contribution in [0.4, 0.5) is 11.4 Å².